The maximum absolute atomic E-state index is 8.72. The van der Waals surface area contributed by atoms with Gasteiger partial charge < -0.3 is 10.4 Å². The van der Waals surface area contributed by atoms with Gasteiger partial charge in [-0.25, -0.2) is 4.98 Å². The minimum Gasteiger partial charge on any atom is -0.396 e. The second-order valence-corrected chi connectivity index (χ2v) is 4.14. The predicted octanol–water partition coefficient (Wildman–Crippen LogP) is 1.32. The van der Waals surface area contributed by atoms with Crippen LogP contribution in [0.25, 0.3) is 0 Å². The molecule has 0 aliphatic carbocycles. The average Bonchev–Trinajstić information content (AvgIpc) is 2.82. The van der Waals surface area contributed by atoms with E-state index in [1.54, 1.807) is 10.7 Å². The first-order valence-corrected chi connectivity index (χ1v) is 6.02. The molecule has 2 heterocycles. The van der Waals surface area contributed by atoms with Crippen molar-refractivity contribution in [1.29, 1.82) is 0 Å². The van der Waals surface area contributed by atoms with Crippen LogP contribution in [0.1, 0.15) is 12.1 Å². The minimum atomic E-state index is 0.153. The van der Waals surface area contributed by atoms with Crippen LogP contribution in [0.3, 0.4) is 0 Å². The summed E-state index contributed by atoms with van der Waals surface area (Å²) >= 11 is 5.78. The van der Waals surface area contributed by atoms with Crippen molar-refractivity contribution in [2.24, 2.45) is 0 Å². The number of anilines is 1. The first-order chi connectivity index (χ1) is 8.78. The van der Waals surface area contributed by atoms with E-state index in [0.717, 1.165) is 5.69 Å². The lowest BCUT2D eigenvalue weighted by molar-refractivity contribution is 0.276. The standard InChI is InChI=1S/C11H14ClN5O/c12-10-3-1-4-11(14-10)13-7-9-8-17(16-15-9)5-2-6-18/h1,3-4,8,18H,2,5-7H2,(H,13,14). The Balaban J connectivity index is 1.88. The van der Waals surface area contributed by atoms with Crippen molar-refractivity contribution in [3.05, 3.63) is 35.2 Å². The van der Waals surface area contributed by atoms with E-state index < -0.39 is 0 Å². The Hall–Kier alpha value is -1.66. The fraction of sp³-hybridized carbons (Fsp3) is 0.364. The molecule has 0 aliphatic rings. The SMILES string of the molecule is OCCCn1cc(CNc2cccc(Cl)n2)nn1. The van der Waals surface area contributed by atoms with Gasteiger partial charge in [-0.3, -0.25) is 4.68 Å². The maximum atomic E-state index is 8.72. The van der Waals surface area contributed by atoms with Gasteiger partial charge in [-0.1, -0.05) is 22.9 Å². The molecule has 2 rings (SSSR count). The fourth-order valence-electron chi connectivity index (χ4n) is 1.45. The van der Waals surface area contributed by atoms with E-state index >= 15 is 0 Å². The van der Waals surface area contributed by atoms with Gasteiger partial charge in [-0.2, -0.15) is 0 Å². The molecule has 0 fully saturated rings. The number of hydrogen-bond acceptors (Lipinski definition) is 5. The molecule has 2 aromatic rings. The van der Waals surface area contributed by atoms with Crippen molar-refractivity contribution in [2.75, 3.05) is 11.9 Å². The molecule has 18 heavy (non-hydrogen) atoms. The summed E-state index contributed by atoms with van der Waals surface area (Å²) in [5.74, 6) is 0.701. The Morgan fingerprint density at radius 1 is 1.39 bits per heavy atom. The van der Waals surface area contributed by atoms with Gasteiger partial charge >= 0.3 is 0 Å². The van der Waals surface area contributed by atoms with Crippen molar-refractivity contribution in [3.8, 4) is 0 Å². The quantitative estimate of drug-likeness (QED) is 0.772. The van der Waals surface area contributed by atoms with Crippen LogP contribution < -0.4 is 5.32 Å². The van der Waals surface area contributed by atoms with Crippen molar-refractivity contribution in [3.63, 3.8) is 0 Å². The lowest BCUT2D eigenvalue weighted by atomic mass is 10.4. The summed E-state index contributed by atoms with van der Waals surface area (Å²) in [6.07, 6.45) is 2.51. The molecule has 0 saturated carbocycles. The molecule has 7 heteroatoms. The lowest BCUT2D eigenvalue weighted by Gasteiger charge is -2.02. The Morgan fingerprint density at radius 3 is 3.06 bits per heavy atom. The number of aromatic nitrogens is 4. The molecular weight excluding hydrogens is 254 g/mol. The van der Waals surface area contributed by atoms with Crippen molar-refractivity contribution in [1.82, 2.24) is 20.0 Å². The monoisotopic (exact) mass is 267 g/mol. The third-order valence-corrected chi connectivity index (χ3v) is 2.51. The van der Waals surface area contributed by atoms with E-state index in [2.05, 4.69) is 20.6 Å². The molecule has 2 N–H and O–H groups in total. The van der Waals surface area contributed by atoms with Crippen LogP contribution in [0.2, 0.25) is 5.15 Å². The number of rotatable bonds is 6. The Morgan fingerprint density at radius 2 is 2.28 bits per heavy atom. The smallest absolute Gasteiger partial charge is 0.131 e. The van der Waals surface area contributed by atoms with Gasteiger partial charge in [0.1, 0.15) is 16.7 Å². The van der Waals surface area contributed by atoms with Crippen molar-refractivity contribution >= 4 is 17.4 Å². The van der Waals surface area contributed by atoms with Gasteiger partial charge in [0.05, 0.1) is 12.7 Å². The number of aliphatic hydroxyl groups excluding tert-OH is 1. The molecule has 96 valence electrons. The highest BCUT2D eigenvalue weighted by molar-refractivity contribution is 6.29. The normalized spacial score (nSPS) is 10.6. The van der Waals surface area contributed by atoms with Gasteiger partial charge in [-0.15, -0.1) is 5.10 Å². The minimum absolute atomic E-state index is 0.153. The predicted molar refractivity (Wildman–Crippen MR) is 68.3 cm³/mol. The Bertz CT molecular complexity index is 502. The topological polar surface area (TPSA) is 75.9 Å². The molecule has 6 nitrogen and oxygen atoms in total. The fourth-order valence-corrected chi connectivity index (χ4v) is 1.61. The number of nitrogens with one attached hydrogen (secondary N) is 1. The third kappa shape index (κ3) is 3.68. The van der Waals surface area contributed by atoms with Gasteiger partial charge in [0.15, 0.2) is 0 Å². The van der Waals surface area contributed by atoms with E-state index in [1.807, 2.05) is 18.3 Å². The molecule has 0 unspecified atom stereocenters. The zero-order valence-corrected chi connectivity index (χ0v) is 10.5. The molecule has 0 bridgehead atoms. The first kappa shape index (κ1) is 12.8. The molecule has 0 saturated heterocycles. The van der Waals surface area contributed by atoms with Crippen LogP contribution >= 0.6 is 11.6 Å². The van der Waals surface area contributed by atoms with Crippen molar-refractivity contribution in [2.45, 2.75) is 19.5 Å². The van der Waals surface area contributed by atoms with E-state index in [1.165, 1.54) is 0 Å². The second-order valence-electron chi connectivity index (χ2n) is 3.75. The highest BCUT2D eigenvalue weighted by Gasteiger charge is 2.01. The van der Waals surface area contributed by atoms with Gasteiger partial charge in [0.25, 0.3) is 0 Å². The Labute approximate surface area is 110 Å². The summed E-state index contributed by atoms with van der Waals surface area (Å²) < 4.78 is 1.71. The van der Waals surface area contributed by atoms with E-state index in [0.29, 0.717) is 30.5 Å². The number of pyridine rings is 1. The zero-order chi connectivity index (χ0) is 12.8. The molecular formula is C11H14ClN5O. The highest BCUT2D eigenvalue weighted by atomic mass is 35.5. The number of aliphatic hydroxyl groups is 1. The molecule has 0 aromatic carbocycles. The summed E-state index contributed by atoms with van der Waals surface area (Å²) in [7, 11) is 0. The number of nitrogens with zero attached hydrogens (tertiary/aromatic N) is 4. The summed E-state index contributed by atoms with van der Waals surface area (Å²) in [5.41, 5.74) is 0.815. The highest BCUT2D eigenvalue weighted by Crippen LogP contribution is 2.09. The van der Waals surface area contributed by atoms with Crippen LogP contribution in [0, 0.1) is 0 Å². The van der Waals surface area contributed by atoms with E-state index in [4.69, 9.17) is 16.7 Å². The summed E-state index contributed by atoms with van der Waals surface area (Å²) in [5, 5.41) is 20.2. The molecule has 0 spiro atoms. The van der Waals surface area contributed by atoms with Crippen LogP contribution in [0.15, 0.2) is 24.4 Å². The third-order valence-electron chi connectivity index (χ3n) is 2.30. The van der Waals surface area contributed by atoms with E-state index in [-0.39, 0.29) is 6.61 Å². The summed E-state index contributed by atoms with van der Waals surface area (Å²) in [6, 6.07) is 5.38. The number of halogens is 1. The maximum Gasteiger partial charge on any atom is 0.131 e. The van der Waals surface area contributed by atoms with Gasteiger partial charge in [0.2, 0.25) is 0 Å². The van der Waals surface area contributed by atoms with Crippen LogP contribution in [-0.2, 0) is 13.1 Å². The largest absolute Gasteiger partial charge is 0.396 e. The molecule has 0 radical (unpaired) electrons. The Kier molecular flexibility index (Phi) is 4.49. The molecule has 0 aliphatic heterocycles. The number of hydrogen-bond donors (Lipinski definition) is 2. The average molecular weight is 268 g/mol. The van der Waals surface area contributed by atoms with Crippen LogP contribution in [0.5, 0.6) is 0 Å². The second kappa shape index (κ2) is 6.32. The zero-order valence-electron chi connectivity index (χ0n) is 9.75. The van der Waals surface area contributed by atoms with Gasteiger partial charge in [0, 0.05) is 13.2 Å². The number of aryl methyl sites for hydroxylation is 1. The van der Waals surface area contributed by atoms with Crippen molar-refractivity contribution < 1.29 is 5.11 Å². The van der Waals surface area contributed by atoms with E-state index in [9.17, 15) is 0 Å². The molecule has 0 amide bonds. The molecule has 2 aromatic heterocycles. The summed E-state index contributed by atoms with van der Waals surface area (Å²) in [4.78, 5) is 4.11. The lowest BCUT2D eigenvalue weighted by Crippen LogP contribution is -2.02. The van der Waals surface area contributed by atoms with Crippen LogP contribution in [0.4, 0.5) is 5.82 Å². The van der Waals surface area contributed by atoms with Gasteiger partial charge in [-0.05, 0) is 18.6 Å². The summed E-state index contributed by atoms with van der Waals surface area (Å²) in [6.45, 7) is 1.35. The van der Waals surface area contributed by atoms with Crippen LogP contribution in [-0.4, -0.2) is 31.7 Å². The molecule has 0 atom stereocenters. The first-order valence-electron chi connectivity index (χ1n) is 5.64.